The van der Waals surface area contributed by atoms with Gasteiger partial charge in [-0.25, -0.2) is 9.59 Å². The molecule has 11 heavy (non-hydrogen) atoms. The minimum atomic E-state index is -1.15. The molecule has 0 saturated heterocycles. The molecule has 0 heterocycles. The molecule has 0 bridgehead atoms. The number of carboxylic acid groups (broad SMARTS) is 1. The van der Waals surface area contributed by atoms with Gasteiger partial charge >= 0.3 is 11.9 Å². The number of allylic oxidation sites excluding steroid dienone is 1. The molecular weight excluding hydrogens is 148 g/mol. The summed E-state index contributed by atoms with van der Waals surface area (Å²) in [7, 11) is 0. The lowest BCUT2D eigenvalue weighted by atomic mass is 10.3. The van der Waals surface area contributed by atoms with Crippen LogP contribution < -0.4 is 0 Å². The van der Waals surface area contributed by atoms with Gasteiger partial charge in [-0.1, -0.05) is 6.08 Å². The lowest BCUT2D eigenvalue weighted by Crippen LogP contribution is -2.13. The molecule has 0 radical (unpaired) electrons. The predicted molar refractivity (Wildman–Crippen MR) is 38.0 cm³/mol. The quantitative estimate of drug-likeness (QED) is 0.482. The third-order valence-electron chi connectivity index (χ3n) is 1.08. The summed E-state index contributed by atoms with van der Waals surface area (Å²) in [5.74, 6) is -1.74. The number of hydrogen-bond acceptors (Lipinski definition) is 3. The highest BCUT2D eigenvalue weighted by atomic mass is 16.5. The van der Waals surface area contributed by atoms with E-state index < -0.39 is 18.5 Å². The zero-order valence-corrected chi connectivity index (χ0v) is 6.46. The van der Waals surface area contributed by atoms with Crippen LogP contribution in [0.25, 0.3) is 0 Å². The van der Waals surface area contributed by atoms with Gasteiger partial charge in [-0.2, -0.15) is 0 Å². The zero-order chi connectivity index (χ0) is 8.85. The van der Waals surface area contributed by atoms with Crippen molar-refractivity contribution in [2.24, 2.45) is 0 Å². The van der Waals surface area contributed by atoms with Gasteiger partial charge in [0.2, 0.25) is 0 Å². The van der Waals surface area contributed by atoms with Crippen molar-refractivity contribution < 1.29 is 19.4 Å². The largest absolute Gasteiger partial charge is 0.479 e. The SMILES string of the molecule is CC=C(C)C(=O)OCC(=O)O. The van der Waals surface area contributed by atoms with Crippen LogP contribution in [0.1, 0.15) is 13.8 Å². The summed E-state index contributed by atoms with van der Waals surface area (Å²) in [5.41, 5.74) is 0.409. The summed E-state index contributed by atoms with van der Waals surface area (Å²) in [5, 5.41) is 8.12. The smallest absolute Gasteiger partial charge is 0.341 e. The molecule has 0 aromatic rings. The van der Waals surface area contributed by atoms with E-state index in [0.29, 0.717) is 5.57 Å². The van der Waals surface area contributed by atoms with Gasteiger partial charge in [-0.05, 0) is 13.8 Å². The van der Waals surface area contributed by atoms with Crippen molar-refractivity contribution in [3.8, 4) is 0 Å². The average Bonchev–Trinajstić information content (AvgIpc) is 1.98. The highest BCUT2D eigenvalue weighted by Crippen LogP contribution is 1.94. The van der Waals surface area contributed by atoms with Crippen molar-refractivity contribution >= 4 is 11.9 Å². The number of ether oxygens (including phenoxy) is 1. The second kappa shape index (κ2) is 4.49. The molecule has 0 aromatic heterocycles. The van der Waals surface area contributed by atoms with Crippen LogP contribution in [0.5, 0.6) is 0 Å². The van der Waals surface area contributed by atoms with Gasteiger partial charge in [0.25, 0.3) is 0 Å². The van der Waals surface area contributed by atoms with Gasteiger partial charge in [0.15, 0.2) is 6.61 Å². The monoisotopic (exact) mass is 158 g/mol. The molecule has 0 unspecified atom stereocenters. The molecule has 4 nitrogen and oxygen atoms in total. The maximum Gasteiger partial charge on any atom is 0.341 e. The van der Waals surface area contributed by atoms with Crippen LogP contribution in [-0.4, -0.2) is 23.7 Å². The Balaban J connectivity index is 3.80. The minimum Gasteiger partial charge on any atom is -0.479 e. The van der Waals surface area contributed by atoms with E-state index >= 15 is 0 Å². The van der Waals surface area contributed by atoms with E-state index in [-0.39, 0.29) is 0 Å². The molecule has 0 fully saturated rings. The number of carbonyl (C=O) groups is 2. The van der Waals surface area contributed by atoms with Gasteiger partial charge in [0, 0.05) is 5.57 Å². The third-order valence-corrected chi connectivity index (χ3v) is 1.08. The Kier molecular flexibility index (Phi) is 3.95. The van der Waals surface area contributed by atoms with Crippen molar-refractivity contribution in [1.82, 2.24) is 0 Å². The maximum atomic E-state index is 10.7. The fourth-order valence-corrected chi connectivity index (χ4v) is 0.359. The molecule has 0 saturated carbocycles. The molecule has 0 atom stereocenters. The molecule has 1 N–H and O–H groups in total. The summed E-state index contributed by atoms with van der Waals surface area (Å²) in [6.07, 6.45) is 1.56. The Morgan fingerprint density at radius 3 is 2.45 bits per heavy atom. The standard InChI is InChI=1S/C7H10O4/c1-3-5(2)7(10)11-4-6(8)9/h3H,4H2,1-2H3,(H,8,9). The molecule has 0 aliphatic rings. The summed E-state index contributed by atoms with van der Waals surface area (Å²) >= 11 is 0. The van der Waals surface area contributed by atoms with Crippen molar-refractivity contribution in [2.75, 3.05) is 6.61 Å². The topological polar surface area (TPSA) is 63.6 Å². The highest BCUT2D eigenvalue weighted by Gasteiger charge is 2.06. The lowest BCUT2D eigenvalue weighted by molar-refractivity contribution is -0.152. The molecule has 0 amide bonds. The maximum absolute atomic E-state index is 10.7. The van der Waals surface area contributed by atoms with E-state index in [1.54, 1.807) is 19.9 Å². The van der Waals surface area contributed by atoms with Gasteiger partial charge < -0.3 is 9.84 Å². The van der Waals surface area contributed by atoms with Gasteiger partial charge in [-0.15, -0.1) is 0 Å². The first-order valence-corrected chi connectivity index (χ1v) is 3.09. The normalized spacial score (nSPS) is 10.9. The molecule has 0 rings (SSSR count). The predicted octanol–water partition coefficient (Wildman–Crippen LogP) is 0.580. The first-order valence-electron chi connectivity index (χ1n) is 3.09. The Morgan fingerprint density at radius 2 is 2.09 bits per heavy atom. The first-order chi connectivity index (χ1) is 5.07. The first kappa shape index (κ1) is 9.68. The second-order valence-electron chi connectivity index (χ2n) is 1.94. The van der Waals surface area contributed by atoms with Crippen LogP contribution in [0.3, 0.4) is 0 Å². The van der Waals surface area contributed by atoms with E-state index in [4.69, 9.17) is 5.11 Å². The number of rotatable bonds is 3. The van der Waals surface area contributed by atoms with E-state index in [1.807, 2.05) is 0 Å². The van der Waals surface area contributed by atoms with Gasteiger partial charge in [0.1, 0.15) is 0 Å². The fraction of sp³-hybridized carbons (Fsp3) is 0.429. The molecule has 0 spiro atoms. The third kappa shape index (κ3) is 4.13. The van der Waals surface area contributed by atoms with Crippen LogP contribution >= 0.6 is 0 Å². The van der Waals surface area contributed by atoms with Gasteiger partial charge in [0.05, 0.1) is 0 Å². The molecule has 0 aliphatic heterocycles. The van der Waals surface area contributed by atoms with E-state index in [9.17, 15) is 9.59 Å². The van der Waals surface area contributed by atoms with Crippen LogP contribution in [0.4, 0.5) is 0 Å². The van der Waals surface area contributed by atoms with Crippen LogP contribution in [0.15, 0.2) is 11.6 Å². The number of carboxylic acids is 1. The minimum absolute atomic E-state index is 0.409. The Labute approximate surface area is 64.5 Å². The number of carbonyl (C=O) groups excluding carboxylic acids is 1. The molecular formula is C7H10O4. The zero-order valence-electron chi connectivity index (χ0n) is 6.46. The Bertz CT molecular complexity index is 193. The van der Waals surface area contributed by atoms with E-state index in [2.05, 4.69) is 4.74 Å². The highest BCUT2D eigenvalue weighted by molar-refractivity contribution is 5.88. The Morgan fingerprint density at radius 1 is 1.55 bits per heavy atom. The van der Waals surface area contributed by atoms with Crippen molar-refractivity contribution in [3.05, 3.63) is 11.6 Å². The molecule has 0 aliphatic carbocycles. The van der Waals surface area contributed by atoms with Crippen molar-refractivity contribution in [2.45, 2.75) is 13.8 Å². The molecule has 4 heteroatoms. The lowest BCUT2D eigenvalue weighted by Gasteiger charge is -1.99. The van der Waals surface area contributed by atoms with Crippen LogP contribution in [0.2, 0.25) is 0 Å². The average molecular weight is 158 g/mol. The van der Waals surface area contributed by atoms with Crippen LogP contribution in [0, 0.1) is 0 Å². The summed E-state index contributed by atoms with van der Waals surface area (Å²) in [6.45, 7) is 2.66. The number of aliphatic carboxylic acids is 1. The van der Waals surface area contributed by atoms with Crippen LogP contribution in [-0.2, 0) is 14.3 Å². The van der Waals surface area contributed by atoms with Gasteiger partial charge in [-0.3, -0.25) is 0 Å². The summed E-state index contributed by atoms with van der Waals surface area (Å²) < 4.78 is 4.35. The van der Waals surface area contributed by atoms with E-state index in [1.165, 1.54) is 0 Å². The summed E-state index contributed by atoms with van der Waals surface area (Å²) in [4.78, 5) is 20.6. The number of hydrogen-bond donors (Lipinski definition) is 1. The fourth-order valence-electron chi connectivity index (χ4n) is 0.359. The van der Waals surface area contributed by atoms with Crippen molar-refractivity contribution in [3.63, 3.8) is 0 Å². The number of esters is 1. The summed E-state index contributed by atoms with van der Waals surface area (Å²) in [6, 6.07) is 0. The Hall–Kier alpha value is -1.32. The molecule has 0 aromatic carbocycles. The van der Waals surface area contributed by atoms with Crippen molar-refractivity contribution in [1.29, 1.82) is 0 Å². The molecule has 62 valence electrons. The van der Waals surface area contributed by atoms with E-state index in [0.717, 1.165) is 0 Å². The second-order valence-corrected chi connectivity index (χ2v) is 1.94.